The number of hydrogen-bond donors (Lipinski definition) is 1. The topological polar surface area (TPSA) is 56.8 Å². The zero-order valence-corrected chi connectivity index (χ0v) is 16.2. The van der Waals surface area contributed by atoms with Crippen LogP contribution in [0.2, 0.25) is 0 Å². The standard InChI is InChI=1S/C22H27NO4/c1-22(2)15-19(18-12-11-17(25-3)14-20(18)27-22)23-21(24)10-7-13-26-16-8-5-4-6-9-16/h4-6,8-9,11-12,14,19H,7,10,13,15H2,1-3H3,(H,23,24)/t19-/m0/s1. The second-order valence-electron chi connectivity index (χ2n) is 7.35. The fraction of sp³-hybridized carbons (Fsp3) is 0.409. The van der Waals surface area contributed by atoms with Gasteiger partial charge in [0, 0.05) is 24.5 Å². The van der Waals surface area contributed by atoms with Crippen molar-refractivity contribution in [2.45, 2.75) is 44.8 Å². The lowest BCUT2D eigenvalue weighted by Crippen LogP contribution is -2.41. The summed E-state index contributed by atoms with van der Waals surface area (Å²) in [5, 5.41) is 3.15. The Kier molecular flexibility index (Phi) is 5.89. The number of methoxy groups -OCH3 is 1. The minimum atomic E-state index is -0.353. The Labute approximate surface area is 160 Å². The monoisotopic (exact) mass is 369 g/mol. The zero-order valence-electron chi connectivity index (χ0n) is 16.2. The van der Waals surface area contributed by atoms with Gasteiger partial charge >= 0.3 is 0 Å². The van der Waals surface area contributed by atoms with Crippen LogP contribution >= 0.6 is 0 Å². The van der Waals surface area contributed by atoms with E-state index < -0.39 is 0 Å². The molecule has 1 aliphatic rings. The Balaban J connectivity index is 1.55. The van der Waals surface area contributed by atoms with Gasteiger partial charge in [-0.25, -0.2) is 0 Å². The lowest BCUT2D eigenvalue weighted by molar-refractivity contribution is -0.122. The summed E-state index contributed by atoms with van der Waals surface area (Å²) < 4.78 is 17.0. The Hall–Kier alpha value is -2.69. The minimum Gasteiger partial charge on any atom is -0.497 e. The Morgan fingerprint density at radius 2 is 1.96 bits per heavy atom. The van der Waals surface area contributed by atoms with E-state index in [1.165, 1.54) is 0 Å². The van der Waals surface area contributed by atoms with Crippen molar-refractivity contribution in [3.8, 4) is 17.2 Å². The first-order valence-electron chi connectivity index (χ1n) is 9.31. The van der Waals surface area contributed by atoms with Gasteiger partial charge in [0.2, 0.25) is 5.91 Å². The lowest BCUT2D eigenvalue weighted by Gasteiger charge is -2.38. The van der Waals surface area contributed by atoms with Crippen molar-refractivity contribution in [2.24, 2.45) is 0 Å². The van der Waals surface area contributed by atoms with Crippen LogP contribution in [0.25, 0.3) is 0 Å². The van der Waals surface area contributed by atoms with Crippen molar-refractivity contribution in [1.29, 1.82) is 0 Å². The molecule has 2 aromatic rings. The number of carbonyl (C=O) groups excluding carboxylic acids is 1. The first-order valence-corrected chi connectivity index (χ1v) is 9.31. The molecule has 27 heavy (non-hydrogen) atoms. The maximum atomic E-state index is 12.4. The minimum absolute atomic E-state index is 0.0242. The molecule has 0 spiro atoms. The Morgan fingerprint density at radius 1 is 1.19 bits per heavy atom. The van der Waals surface area contributed by atoms with Gasteiger partial charge in [0.1, 0.15) is 22.8 Å². The number of rotatable bonds is 7. The molecule has 1 amide bonds. The highest BCUT2D eigenvalue weighted by Gasteiger charge is 2.34. The van der Waals surface area contributed by atoms with Crippen molar-refractivity contribution in [3.05, 3.63) is 54.1 Å². The Morgan fingerprint density at radius 3 is 2.70 bits per heavy atom. The van der Waals surface area contributed by atoms with Crippen LogP contribution in [-0.2, 0) is 4.79 Å². The van der Waals surface area contributed by atoms with Crippen molar-refractivity contribution < 1.29 is 19.0 Å². The molecule has 1 atom stereocenters. The van der Waals surface area contributed by atoms with E-state index in [0.717, 1.165) is 29.2 Å². The second kappa shape index (κ2) is 8.33. The van der Waals surface area contributed by atoms with Crippen LogP contribution in [0, 0.1) is 0 Å². The molecule has 0 aromatic heterocycles. The summed E-state index contributed by atoms with van der Waals surface area (Å²) in [4.78, 5) is 12.4. The molecule has 2 aromatic carbocycles. The van der Waals surface area contributed by atoms with E-state index in [1.807, 2.05) is 62.4 Å². The highest BCUT2D eigenvalue weighted by molar-refractivity contribution is 5.76. The predicted octanol–water partition coefficient (Wildman–Crippen LogP) is 4.27. The Bertz CT molecular complexity index is 773. The zero-order chi connectivity index (χ0) is 19.3. The van der Waals surface area contributed by atoms with Gasteiger partial charge in [-0.05, 0) is 44.5 Å². The average Bonchev–Trinajstić information content (AvgIpc) is 2.64. The molecule has 1 heterocycles. The smallest absolute Gasteiger partial charge is 0.220 e. The lowest BCUT2D eigenvalue weighted by atomic mass is 9.89. The number of fused-ring (bicyclic) bond motifs is 1. The third-order valence-electron chi connectivity index (χ3n) is 4.57. The number of ether oxygens (including phenoxy) is 3. The van der Waals surface area contributed by atoms with E-state index in [4.69, 9.17) is 14.2 Å². The molecule has 5 heteroatoms. The van der Waals surface area contributed by atoms with E-state index in [0.29, 0.717) is 19.4 Å². The number of para-hydroxylation sites is 1. The van der Waals surface area contributed by atoms with Crippen LogP contribution in [-0.4, -0.2) is 25.2 Å². The fourth-order valence-electron chi connectivity index (χ4n) is 3.29. The molecule has 0 aliphatic carbocycles. The maximum absolute atomic E-state index is 12.4. The van der Waals surface area contributed by atoms with E-state index in [2.05, 4.69) is 5.32 Å². The number of amides is 1. The van der Waals surface area contributed by atoms with Gasteiger partial charge in [-0.3, -0.25) is 4.79 Å². The second-order valence-corrected chi connectivity index (χ2v) is 7.35. The predicted molar refractivity (Wildman–Crippen MR) is 104 cm³/mol. The van der Waals surface area contributed by atoms with Crippen LogP contribution in [0.3, 0.4) is 0 Å². The molecular weight excluding hydrogens is 342 g/mol. The van der Waals surface area contributed by atoms with Gasteiger partial charge in [0.05, 0.1) is 19.8 Å². The van der Waals surface area contributed by atoms with Gasteiger partial charge in [-0.1, -0.05) is 18.2 Å². The van der Waals surface area contributed by atoms with Crippen LogP contribution in [0.5, 0.6) is 17.2 Å². The molecule has 0 fully saturated rings. The maximum Gasteiger partial charge on any atom is 0.220 e. The highest BCUT2D eigenvalue weighted by Crippen LogP contribution is 2.41. The third kappa shape index (κ3) is 5.16. The van der Waals surface area contributed by atoms with E-state index >= 15 is 0 Å². The summed E-state index contributed by atoms with van der Waals surface area (Å²) in [5.41, 5.74) is 0.636. The van der Waals surface area contributed by atoms with Crippen molar-refractivity contribution >= 4 is 5.91 Å². The summed E-state index contributed by atoms with van der Waals surface area (Å²) in [6.45, 7) is 4.58. The number of benzene rings is 2. The average molecular weight is 369 g/mol. The van der Waals surface area contributed by atoms with Crippen LogP contribution < -0.4 is 19.5 Å². The number of hydrogen-bond acceptors (Lipinski definition) is 4. The van der Waals surface area contributed by atoms with Gasteiger partial charge in [-0.2, -0.15) is 0 Å². The third-order valence-corrected chi connectivity index (χ3v) is 4.57. The van der Waals surface area contributed by atoms with Gasteiger partial charge < -0.3 is 19.5 Å². The molecule has 5 nitrogen and oxygen atoms in total. The van der Waals surface area contributed by atoms with Gasteiger partial charge in [-0.15, -0.1) is 0 Å². The molecular formula is C22H27NO4. The van der Waals surface area contributed by atoms with Crippen LogP contribution in [0.1, 0.15) is 44.7 Å². The fourth-order valence-corrected chi connectivity index (χ4v) is 3.29. The van der Waals surface area contributed by atoms with Crippen molar-refractivity contribution in [2.75, 3.05) is 13.7 Å². The van der Waals surface area contributed by atoms with Gasteiger partial charge in [0.15, 0.2) is 0 Å². The molecule has 3 rings (SSSR count). The highest BCUT2D eigenvalue weighted by atomic mass is 16.5. The SMILES string of the molecule is COc1ccc2c(c1)OC(C)(C)C[C@@H]2NC(=O)CCCOc1ccccc1. The molecule has 0 bridgehead atoms. The first-order chi connectivity index (χ1) is 13.0. The molecule has 0 saturated heterocycles. The quantitative estimate of drug-likeness (QED) is 0.741. The molecule has 0 unspecified atom stereocenters. The summed E-state index contributed by atoms with van der Waals surface area (Å²) in [6, 6.07) is 15.3. The molecule has 0 saturated carbocycles. The largest absolute Gasteiger partial charge is 0.497 e. The molecule has 0 radical (unpaired) electrons. The summed E-state index contributed by atoms with van der Waals surface area (Å²) >= 11 is 0. The summed E-state index contributed by atoms with van der Waals surface area (Å²) in [6.07, 6.45) is 1.82. The molecule has 1 aliphatic heterocycles. The summed E-state index contributed by atoms with van der Waals surface area (Å²) in [7, 11) is 1.63. The van der Waals surface area contributed by atoms with E-state index in [9.17, 15) is 4.79 Å². The van der Waals surface area contributed by atoms with Crippen LogP contribution in [0.15, 0.2) is 48.5 Å². The number of carbonyl (C=O) groups is 1. The van der Waals surface area contributed by atoms with Gasteiger partial charge in [0.25, 0.3) is 0 Å². The number of nitrogens with one attached hydrogen (secondary N) is 1. The first kappa shape index (κ1) is 19.1. The molecule has 1 N–H and O–H groups in total. The summed E-state index contributed by atoms with van der Waals surface area (Å²) in [5.74, 6) is 2.36. The van der Waals surface area contributed by atoms with Crippen molar-refractivity contribution in [3.63, 3.8) is 0 Å². The van der Waals surface area contributed by atoms with E-state index in [-0.39, 0.29) is 17.6 Å². The van der Waals surface area contributed by atoms with Crippen LogP contribution in [0.4, 0.5) is 0 Å². The van der Waals surface area contributed by atoms with Crippen molar-refractivity contribution in [1.82, 2.24) is 5.32 Å². The molecule has 144 valence electrons. The normalized spacial score (nSPS) is 17.4. The van der Waals surface area contributed by atoms with E-state index in [1.54, 1.807) is 7.11 Å².